The summed E-state index contributed by atoms with van der Waals surface area (Å²) in [6.45, 7) is 10.6. The first-order valence-electron chi connectivity index (χ1n) is 9.48. The molecule has 1 N–H and O–H groups in total. The number of anilines is 1. The minimum absolute atomic E-state index is 0.722. The van der Waals surface area contributed by atoms with Crippen molar-refractivity contribution in [3.63, 3.8) is 0 Å². The highest BCUT2D eigenvalue weighted by Crippen LogP contribution is 2.29. The van der Waals surface area contributed by atoms with Crippen LogP contribution in [0.5, 0.6) is 5.75 Å². The third-order valence-corrected chi connectivity index (χ3v) is 5.26. The van der Waals surface area contributed by atoms with E-state index >= 15 is 0 Å². The van der Waals surface area contributed by atoms with Crippen molar-refractivity contribution in [2.45, 2.75) is 47.0 Å². The van der Waals surface area contributed by atoms with Gasteiger partial charge in [0.1, 0.15) is 5.75 Å². The average molecular weight is 357 g/mol. The van der Waals surface area contributed by atoms with Gasteiger partial charge >= 0.3 is 0 Å². The fourth-order valence-electron chi connectivity index (χ4n) is 2.83. The molecule has 0 aliphatic heterocycles. The maximum atomic E-state index is 6.06. The first-order valence-corrected chi connectivity index (χ1v) is 10.1. The van der Waals surface area contributed by atoms with E-state index in [2.05, 4.69) is 78.6 Å². The Labute approximate surface area is 155 Å². The normalized spacial score (nSPS) is 12.0. The lowest BCUT2D eigenvalue weighted by Crippen LogP contribution is -2.06. The van der Waals surface area contributed by atoms with Gasteiger partial charge in [0.25, 0.3) is 0 Å². The molecular formula is C22H32NOP. The molecule has 2 aromatic rings. The fourth-order valence-corrected chi connectivity index (χ4v) is 3.11. The summed E-state index contributed by atoms with van der Waals surface area (Å²) >= 11 is 0. The maximum Gasteiger partial charge on any atom is 0.122 e. The van der Waals surface area contributed by atoms with Gasteiger partial charge in [-0.1, -0.05) is 45.4 Å². The quantitative estimate of drug-likeness (QED) is 0.584. The van der Waals surface area contributed by atoms with Crippen LogP contribution in [0.25, 0.3) is 11.1 Å². The molecule has 0 saturated heterocycles. The van der Waals surface area contributed by atoms with Crippen molar-refractivity contribution in [1.29, 1.82) is 0 Å². The number of benzene rings is 2. The molecule has 0 aromatic heterocycles. The van der Waals surface area contributed by atoms with E-state index < -0.39 is 0 Å². The van der Waals surface area contributed by atoms with Gasteiger partial charge in [-0.25, -0.2) is 0 Å². The molecule has 0 aliphatic carbocycles. The van der Waals surface area contributed by atoms with E-state index in [-0.39, 0.29) is 0 Å². The van der Waals surface area contributed by atoms with E-state index in [4.69, 9.17) is 4.74 Å². The van der Waals surface area contributed by atoms with Crippen LogP contribution in [-0.2, 0) is 6.42 Å². The van der Waals surface area contributed by atoms with Crippen molar-refractivity contribution >= 4 is 20.2 Å². The van der Waals surface area contributed by atoms with Crippen molar-refractivity contribution < 1.29 is 4.74 Å². The number of aryl methyl sites for hydroxylation is 1. The summed E-state index contributed by atoms with van der Waals surface area (Å²) < 4.78 is 6.06. The molecule has 2 rings (SSSR count). The molecule has 136 valence electrons. The van der Waals surface area contributed by atoms with Gasteiger partial charge in [-0.2, -0.15) is 0 Å². The molecule has 3 heteroatoms. The second kappa shape index (κ2) is 9.82. The molecule has 0 fully saturated rings. The highest BCUT2D eigenvalue weighted by atomic mass is 31.0. The Balaban J connectivity index is 2.19. The van der Waals surface area contributed by atoms with E-state index in [1.807, 2.05) is 0 Å². The number of rotatable bonds is 9. The van der Waals surface area contributed by atoms with Gasteiger partial charge < -0.3 is 10.1 Å². The molecule has 2 atom stereocenters. The highest BCUT2D eigenvalue weighted by molar-refractivity contribution is 7.28. The number of ether oxygens (including phenoxy) is 1. The Morgan fingerprint density at radius 2 is 1.76 bits per heavy atom. The van der Waals surface area contributed by atoms with Crippen molar-refractivity contribution in [3.05, 3.63) is 42.0 Å². The van der Waals surface area contributed by atoms with Crippen molar-refractivity contribution in [1.82, 2.24) is 0 Å². The van der Waals surface area contributed by atoms with Crippen LogP contribution in [0.15, 0.2) is 36.4 Å². The van der Waals surface area contributed by atoms with E-state index in [1.54, 1.807) is 0 Å². The topological polar surface area (TPSA) is 21.3 Å². The molecular weight excluding hydrogens is 325 g/mol. The number of hydrogen-bond acceptors (Lipinski definition) is 2. The zero-order valence-electron chi connectivity index (χ0n) is 16.1. The van der Waals surface area contributed by atoms with Gasteiger partial charge in [0.15, 0.2) is 0 Å². The Kier molecular flexibility index (Phi) is 7.78. The zero-order chi connectivity index (χ0) is 18.2. The van der Waals surface area contributed by atoms with Gasteiger partial charge in [-0.3, -0.25) is 0 Å². The minimum Gasteiger partial charge on any atom is -0.493 e. The minimum atomic E-state index is 0.722. The lowest BCUT2D eigenvalue weighted by Gasteiger charge is -2.15. The lowest BCUT2D eigenvalue weighted by atomic mass is 10.0. The van der Waals surface area contributed by atoms with Crippen LogP contribution in [0.1, 0.15) is 46.1 Å². The van der Waals surface area contributed by atoms with Crippen LogP contribution in [0.2, 0.25) is 0 Å². The Morgan fingerprint density at radius 1 is 1.04 bits per heavy atom. The molecule has 2 nitrogen and oxygen atoms in total. The van der Waals surface area contributed by atoms with Crippen LogP contribution in [-0.4, -0.2) is 13.2 Å². The molecule has 0 amide bonds. The van der Waals surface area contributed by atoms with Crippen LogP contribution >= 0.6 is 9.24 Å². The molecule has 0 heterocycles. The van der Waals surface area contributed by atoms with E-state index in [9.17, 15) is 0 Å². The summed E-state index contributed by atoms with van der Waals surface area (Å²) in [6, 6.07) is 13.1. The predicted octanol–water partition coefficient (Wildman–Crippen LogP) is 5.66. The summed E-state index contributed by atoms with van der Waals surface area (Å²) in [7, 11) is 2.80. The van der Waals surface area contributed by atoms with Crippen molar-refractivity contribution in [2.75, 3.05) is 18.5 Å². The first-order chi connectivity index (χ1) is 12.1. The van der Waals surface area contributed by atoms with Gasteiger partial charge in [0.2, 0.25) is 0 Å². The van der Waals surface area contributed by atoms with E-state index in [1.165, 1.54) is 34.1 Å². The summed E-state index contributed by atoms with van der Waals surface area (Å²) in [6.07, 6.45) is 3.31. The lowest BCUT2D eigenvalue weighted by molar-refractivity contribution is 0.279. The fraction of sp³-hybridized carbons (Fsp3) is 0.455. The largest absolute Gasteiger partial charge is 0.493 e. The van der Waals surface area contributed by atoms with Gasteiger partial charge in [-0.05, 0) is 65.9 Å². The van der Waals surface area contributed by atoms with E-state index in [0.717, 1.165) is 37.7 Å². The summed E-state index contributed by atoms with van der Waals surface area (Å²) in [5, 5.41) is 4.62. The maximum absolute atomic E-state index is 6.06. The number of nitrogens with one attached hydrogen (secondary N) is 1. The Bertz CT molecular complexity index is 684. The van der Waals surface area contributed by atoms with Crippen LogP contribution < -0.4 is 15.4 Å². The Morgan fingerprint density at radius 3 is 2.44 bits per heavy atom. The van der Waals surface area contributed by atoms with Crippen LogP contribution in [0.4, 0.5) is 5.69 Å². The van der Waals surface area contributed by atoms with Gasteiger partial charge in [0, 0.05) is 12.2 Å². The second-order valence-electron chi connectivity index (χ2n) is 6.66. The van der Waals surface area contributed by atoms with E-state index in [0.29, 0.717) is 0 Å². The van der Waals surface area contributed by atoms with Gasteiger partial charge in [-0.15, -0.1) is 9.24 Å². The molecule has 0 spiro atoms. The summed E-state index contributed by atoms with van der Waals surface area (Å²) in [5.41, 5.74) is 4.94. The monoisotopic (exact) mass is 357 g/mol. The third kappa shape index (κ3) is 5.47. The Hall–Kier alpha value is -1.53. The third-order valence-electron chi connectivity index (χ3n) is 4.76. The molecule has 0 saturated carbocycles. The summed E-state index contributed by atoms with van der Waals surface area (Å²) in [4.78, 5) is 0. The molecule has 0 bridgehead atoms. The SMILES string of the molecule is CCNc1cc(-c2ccc(OCCC(C)CC)c(CC)c2)ccc1P. The predicted molar refractivity (Wildman–Crippen MR) is 114 cm³/mol. The van der Waals surface area contributed by atoms with Gasteiger partial charge in [0.05, 0.1) is 6.61 Å². The second-order valence-corrected chi connectivity index (χ2v) is 7.28. The molecule has 2 aromatic carbocycles. The zero-order valence-corrected chi connectivity index (χ0v) is 17.2. The smallest absolute Gasteiger partial charge is 0.122 e. The average Bonchev–Trinajstić information content (AvgIpc) is 2.63. The molecule has 25 heavy (non-hydrogen) atoms. The molecule has 2 unspecified atom stereocenters. The molecule has 0 aliphatic rings. The number of hydrogen-bond donors (Lipinski definition) is 1. The van der Waals surface area contributed by atoms with Crippen LogP contribution in [0, 0.1) is 5.92 Å². The van der Waals surface area contributed by atoms with Crippen molar-refractivity contribution in [2.24, 2.45) is 5.92 Å². The highest BCUT2D eigenvalue weighted by Gasteiger charge is 2.08. The first kappa shape index (κ1) is 19.8. The summed E-state index contributed by atoms with van der Waals surface area (Å²) in [5.74, 6) is 1.75. The molecule has 0 radical (unpaired) electrons. The standard InChI is InChI=1S/C22H32NOP/c1-5-16(4)12-13-24-21-10-8-18(14-17(21)6-2)19-9-11-22(25)20(15-19)23-7-3/h8-11,14-16,23H,5-7,12-13,25H2,1-4H3. The van der Waals surface area contributed by atoms with Crippen LogP contribution in [0.3, 0.4) is 0 Å². The van der Waals surface area contributed by atoms with Crippen molar-refractivity contribution in [3.8, 4) is 16.9 Å².